The summed E-state index contributed by atoms with van der Waals surface area (Å²) in [6.07, 6.45) is -1.32. The fraction of sp³-hybridized carbons (Fsp3) is 0.500. The molecule has 1 aromatic rings. The molecule has 0 saturated heterocycles. The molecule has 0 saturated carbocycles. The molecule has 4 heteroatoms. The lowest BCUT2D eigenvalue weighted by molar-refractivity contribution is -0.150. The highest BCUT2D eigenvalue weighted by molar-refractivity contribution is 5.78. The Balaban J connectivity index is 3.40. The second-order valence-corrected chi connectivity index (χ2v) is 4.50. The largest absolute Gasteiger partial charge is 0.496 e. The average Bonchev–Trinajstić information content (AvgIpc) is 2.35. The van der Waals surface area contributed by atoms with E-state index >= 15 is 0 Å². The van der Waals surface area contributed by atoms with Crippen LogP contribution in [-0.2, 0) is 9.53 Å². The second-order valence-electron chi connectivity index (χ2n) is 4.50. The van der Waals surface area contributed by atoms with E-state index in [0.29, 0.717) is 11.3 Å². The number of hydrogen-bond donors (Lipinski definition) is 1. The first-order valence-electron chi connectivity index (χ1n) is 5.87. The Morgan fingerprint density at radius 1 is 1.28 bits per heavy atom. The van der Waals surface area contributed by atoms with Gasteiger partial charge in [-0.15, -0.1) is 0 Å². The van der Waals surface area contributed by atoms with Crippen molar-refractivity contribution in [3.8, 4) is 5.75 Å². The summed E-state index contributed by atoms with van der Waals surface area (Å²) in [5.74, 6) is 0.115. The maximum atomic E-state index is 11.5. The number of carbonyl (C=O) groups is 1. The molecule has 0 aromatic heterocycles. The summed E-state index contributed by atoms with van der Waals surface area (Å²) in [6, 6.07) is 3.83. The number of aliphatic hydroxyl groups is 1. The molecule has 18 heavy (non-hydrogen) atoms. The molecule has 0 fully saturated rings. The molecule has 0 aliphatic carbocycles. The standard InChI is InChI=1S/C14H20O4/c1-8(2)10-7-6-9(3)11(13(10)17-4)12(15)14(16)18-5/h6-8,12,15H,1-5H3. The summed E-state index contributed by atoms with van der Waals surface area (Å²) >= 11 is 0. The van der Waals surface area contributed by atoms with Crippen LogP contribution in [0.5, 0.6) is 5.75 Å². The van der Waals surface area contributed by atoms with Gasteiger partial charge in [-0.2, -0.15) is 0 Å². The number of ether oxygens (including phenoxy) is 2. The van der Waals surface area contributed by atoms with Crippen molar-refractivity contribution in [2.45, 2.75) is 32.8 Å². The maximum Gasteiger partial charge on any atom is 0.339 e. The molecule has 0 amide bonds. The van der Waals surface area contributed by atoms with Gasteiger partial charge in [-0.3, -0.25) is 0 Å². The van der Waals surface area contributed by atoms with Crippen molar-refractivity contribution in [2.75, 3.05) is 14.2 Å². The molecule has 1 rings (SSSR count). The van der Waals surface area contributed by atoms with Gasteiger partial charge in [-0.05, 0) is 24.0 Å². The van der Waals surface area contributed by atoms with E-state index in [9.17, 15) is 9.90 Å². The number of carbonyl (C=O) groups excluding carboxylic acids is 1. The third kappa shape index (κ3) is 2.64. The summed E-state index contributed by atoms with van der Waals surface area (Å²) < 4.78 is 9.94. The minimum Gasteiger partial charge on any atom is -0.496 e. The molecule has 0 aliphatic heterocycles. The van der Waals surface area contributed by atoms with Crippen molar-refractivity contribution < 1.29 is 19.4 Å². The van der Waals surface area contributed by atoms with Gasteiger partial charge in [-0.25, -0.2) is 4.79 Å². The molecular formula is C14H20O4. The lowest BCUT2D eigenvalue weighted by Crippen LogP contribution is -2.16. The molecule has 1 aromatic carbocycles. The van der Waals surface area contributed by atoms with Crippen molar-refractivity contribution in [3.63, 3.8) is 0 Å². The Labute approximate surface area is 108 Å². The predicted octanol–water partition coefficient (Wildman–Crippen LogP) is 2.33. The summed E-state index contributed by atoms with van der Waals surface area (Å²) in [4.78, 5) is 11.5. The first-order chi connectivity index (χ1) is 8.43. The van der Waals surface area contributed by atoms with Crippen LogP contribution < -0.4 is 4.74 Å². The minimum absolute atomic E-state index is 0.240. The van der Waals surface area contributed by atoms with Crippen molar-refractivity contribution in [3.05, 3.63) is 28.8 Å². The zero-order valence-corrected chi connectivity index (χ0v) is 11.5. The van der Waals surface area contributed by atoms with Crippen LogP contribution in [0.1, 0.15) is 42.6 Å². The Bertz CT molecular complexity index is 438. The van der Waals surface area contributed by atoms with Gasteiger partial charge in [0.05, 0.1) is 14.2 Å². The van der Waals surface area contributed by atoms with E-state index in [-0.39, 0.29) is 5.92 Å². The second kappa shape index (κ2) is 5.87. The van der Waals surface area contributed by atoms with Crippen LogP contribution in [0.3, 0.4) is 0 Å². The number of esters is 1. The molecule has 0 radical (unpaired) electrons. The lowest BCUT2D eigenvalue weighted by Gasteiger charge is -2.20. The molecule has 1 unspecified atom stereocenters. The van der Waals surface area contributed by atoms with Crippen molar-refractivity contribution in [2.24, 2.45) is 0 Å². The minimum atomic E-state index is -1.32. The smallest absolute Gasteiger partial charge is 0.339 e. The van der Waals surface area contributed by atoms with E-state index in [1.165, 1.54) is 14.2 Å². The Kier molecular flexibility index (Phi) is 4.73. The maximum absolute atomic E-state index is 11.5. The molecule has 0 aliphatic rings. The van der Waals surface area contributed by atoms with Crippen LogP contribution in [-0.4, -0.2) is 25.3 Å². The average molecular weight is 252 g/mol. The van der Waals surface area contributed by atoms with E-state index < -0.39 is 12.1 Å². The van der Waals surface area contributed by atoms with Gasteiger partial charge in [0.25, 0.3) is 0 Å². The highest BCUT2D eigenvalue weighted by Crippen LogP contribution is 2.36. The van der Waals surface area contributed by atoms with E-state index in [0.717, 1.165) is 11.1 Å². The quantitative estimate of drug-likeness (QED) is 0.836. The Morgan fingerprint density at radius 2 is 1.89 bits per heavy atom. The highest BCUT2D eigenvalue weighted by atomic mass is 16.5. The fourth-order valence-electron chi connectivity index (χ4n) is 1.97. The zero-order chi connectivity index (χ0) is 13.9. The van der Waals surface area contributed by atoms with E-state index in [4.69, 9.17) is 4.74 Å². The summed E-state index contributed by atoms with van der Waals surface area (Å²) in [5, 5.41) is 10.0. The molecule has 0 bridgehead atoms. The SMILES string of the molecule is COC(=O)C(O)c1c(C)ccc(C(C)C)c1OC. The number of hydrogen-bond acceptors (Lipinski definition) is 4. The van der Waals surface area contributed by atoms with Crippen molar-refractivity contribution in [1.29, 1.82) is 0 Å². The van der Waals surface area contributed by atoms with Crippen molar-refractivity contribution >= 4 is 5.97 Å². The Hall–Kier alpha value is -1.55. The molecule has 1 N–H and O–H groups in total. The van der Waals surface area contributed by atoms with E-state index in [2.05, 4.69) is 4.74 Å². The predicted molar refractivity (Wildman–Crippen MR) is 68.8 cm³/mol. The molecule has 4 nitrogen and oxygen atoms in total. The fourth-order valence-corrected chi connectivity index (χ4v) is 1.97. The zero-order valence-electron chi connectivity index (χ0n) is 11.5. The third-order valence-corrected chi connectivity index (χ3v) is 2.97. The number of aliphatic hydroxyl groups excluding tert-OH is 1. The van der Waals surface area contributed by atoms with Gasteiger partial charge in [0.1, 0.15) is 5.75 Å². The number of aryl methyl sites for hydroxylation is 1. The highest BCUT2D eigenvalue weighted by Gasteiger charge is 2.26. The van der Waals surface area contributed by atoms with Gasteiger partial charge in [-0.1, -0.05) is 26.0 Å². The molecular weight excluding hydrogens is 232 g/mol. The number of methoxy groups -OCH3 is 2. The van der Waals surface area contributed by atoms with E-state index in [1.54, 1.807) is 0 Å². The van der Waals surface area contributed by atoms with Crippen molar-refractivity contribution in [1.82, 2.24) is 0 Å². The van der Waals surface area contributed by atoms with Gasteiger partial charge < -0.3 is 14.6 Å². The van der Waals surface area contributed by atoms with Gasteiger partial charge >= 0.3 is 5.97 Å². The lowest BCUT2D eigenvalue weighted by atomic mass is 9.93. The first kappa shape index (κ1) is 14.5. The van der Waals surface area contributed by atoms with Gasteiger partial charge in [0.2, 0.25) is 0 Å². The van der Waals surface area contributed by atoms with Crippen LogP contribution in [0.4, 0.5) is 0 Å². The first-order valence-corrected chi connectivity index (χ1v) is 5.87. The third-order valence-electron chi connectivity index (χ3n) is 2.97. The van der Waals surface area contributed by atoms with Crippen LogP contribution in [0.25, 0.3) is 0 Å². The van der Waals surface area contributed by atoms with E-state index in [1.807, 2.05) is 32.9 Å². The van der Waals surface area contributed by atoms with Crippen LogP contribution >= 0.6 is 0 Å². The van der Waals surface area contributed by atoms with Gasteiger partial charge in [0, 0.05) is 5.56 Å². The molecule has 0 spiro atoms. The van der Waals surface area contributed by atoms with Gasteiger partial charge in [0.15, 0.2) is 6.10 Å². The normalized spacial score (nSPS) is 12.4. The summed E-state index contributed by atoms with van der Waals surface area (Å²) in [5.41, 5.74) is 2.24. The van der Waals surface area contributed by atoms with Crippen LogP contribution in [0, 0.1) is 6.92 Å². The summed E-state index contributed by atoms with van der Waals surface area (Å²) in [7, 11) is 2.79. The Morgan fingerprint density at radius 3 is 2.33 bits per heavy atom. The molecule has 100 valence electrons. The monoisotopic (exact) mass is 252 g/mol. The van der Waals surface area contributed by atoms with Crippen LogP contribution in [0.15, 0.2) is 12.1 Å². The van der Waals surface area contributed by atoms with Crippen LogP contribution in [0.2, 0.25) is 0 Å². The number of rotatable bonds is 4. The summed E-state index contributed by atoms with van der Waals surface area (Å²) in [6.45, 7) is 5.89. The molecule has 0 heterocycles. The molecule has 1 atom stereocenters. The number of benzene rings is 1. The topological polar surface area (TPSA) is 55.8 Å².